The minimum Gasteiger partial charge on any atom is -0.481 e. The summed E-state index contributed by atoms with van der Waals surface area (Å²) in [4.78, 5) is 17.0. The van der Waals surface area contributed by atoms with Gasteiger partial charge in [-0.15, -0.1) is 0 Å². The van der Waals surface area contributed by atoms with E-state index in [1.165, 1.54) is 5.56 Å². The first-order chi connectivity index (χ1) is 11.4. The highest BCUT2D eigenvalue weighted by atomic mass is 16.5. The standard InChI is InChI=1S/C10H16N2O.C9H14N2/c1-5-9-11-6-8(7(2)3)10(12-9)13-4;1-4-8-5-10-9(7(2)3)11-6-8/h6-7H,5H2,1-4H3;5-7H,4H2,1-3H3. The molecule has 0 aliphatic heterocycles. The van der Waals surface area contributed by atoms with Gasteiger partial charge in [0.15, 0.2) is 0 Å². The van der Waals surface area contributed by atoms with E-state index in [2.05, 4.69) is 54.6 Å². The minimum atomic E-state index is 0.404. The molecule has 132 valence electrons. The Morgan fingerprint density at radius 1 is 0.875 bits per heavy atom. The molecule has 24 heavy (non-hydrogen) atoms. The van der Waals surface area contributed by atoms with E-state index in [-0.39, 0.29) is 0 Å². The monoisotopic (exact) mass is 330 g/mol. The van der Waals surface area contributed by atoms with Crippen LogP contribution in [0.15, 0.2) is 18.6 Å². The summed E-state index contributed by atoms with van der Waals surface area (Å²) < 4.78 is 5.20. The Kier molecular flexibility index (Phi) is 8.30. The topological polar surface area (TPSA) is 60.8 Å². The van der Waals surface area contributed by atoms with Crippen molar-refractivity contribution in [2.24, 2.45) is 0 Å². The maximum absolute atomic E-state index is 5.20. The second-order valence-corrected chi connectivity index (χ2v) is 6.22. The third-order valence-corrected chi connectivity index (χ3v) is 3.61. The highest BCUT2D eigenvalue weighted by Crippen LogP contribution is 2.22. The zero-order chi connectivity index (χ0) is 18.1. The second kappa shape index (κ2) is 9.96. The minimum absolute atomic E-state index is 0.404. The molecule has 0 aliphatic carbocycles. The first kappa shape index (κ1) is 20.0. The van der Waals surface area contributed by atoms with Crippen molar-refractivity contribution >= 4 is 0 Å². The van der Waals surface area contributed by atoms with Gasteiger partial charge in [-0.05, 0) is 17.9 Å². The van der Waals surface area contributed by atoms with Gasteiger partial charge in [0.1, 0.15) is 11.6 Å². The number of aryl methyl sites for hydroxylation is 2. The molecule has 0 saturated heterocycles. The van der Waals surface area contributed by atoms with E-state index in [9.17, 15) is 0 Å². The van der Waals surface area contributed by atoms with Gasteiger partial charge in [0.25, 0.3) is 0 Å². The van der Waals surface area contributed by atoms with Crippen LogP contribution in [0.25, 0.3) is 0 Å². The molecule has 2 rings (SSSR count). The smallest absolute Gasteiger partial charge is 0.219 e. The molecular formula is C19H30N4O. The van der Waals surface area contributed by atoms with E-state index in [4.69, 9.17) is 4.74 Å². The number of ether oxygens (including phenoxy) is 1. The van der Waals surface area contributed by atoms with Crippen molar-refractivity contribution in [1.82, 2.24) is 19.9 Å². The third kappa shape index (κ3) is 5.87. The number of methoxy groups -OCH3 is 1. The van der Waals surface area contributed by atoms with Crippen LogP contribution in [-0.2, 0) is 12.8 Å². The lowest BCUT2D eigenvalue weighted by molar-refractivity contribution is 0.387. The van der Waals surface area contributed by atoms with Gasteiger partial charge in [-0.1, -0.05) is 41.5 Å². The Morgan fingerprint density at radius 2 is 1.50 bits per heavy atom. The Bertz CT molecular complexity index is 609. The van der Waals surface area contributed by atoms with Crippen molar-refractivity contribution < 1.29 is 4.74 Å². The maximum Gasteiger partial charge on any atom is 0.219 e. The molecule has 0 saturated carbocycles. The molecule has 0 N–H and O–H groups in total. The van der Waals surface area contributed by atoms with Gasteiger partial charge in [-0.2, -0.15) is 4.98 Å². The van der Waals surface area contributed by atoms with Crippen LogP contribution in [0.4, 0.5) is 0 Å². The van der Waals surface area contributed by atoms with Crippen LogP contribution in [0.3, 0.4) is 0 Å². The molecule has 0 aromatic carbocycles. The second-order valence-electron chi connectivity index (χ2n) is 6.22. The van der Waals surface area contributed by atoms with Crippen LogP contribution in [0.5, 0.6) is 5.88 Å². The molecule has 0 amide bonds. The number of hydrogen-bond acceptors (Lipinski definition) is 5. The molecule has 0 bridgehead atoms. The largest absolute Gasteiger partial charge is 0.481 e. The molecule has 0 spiro atoms. The van der Waals surface area contributed by atoms with Crippen molar-refractivity contribution in [2.45, 2.75) is 66.2 Å². The van der Waals surface area contributed by atoms with Gasteiger partial charge >= 0.3 is 0 Å². The number of hydrogen-bond donors (Lipinski definition) is 0. The number of nitrogens with zero attached hydrogens (tertiary/aromatic N) is 4. The SMILES string of the molecule is CCc1cnc(C(C)C)nc1.CCc1ncc(C(C)C)c(OC)n1. The fraction of sp³-hybridized carbons (Fsp3) is 0.579. The first-order valence-electron chi connectivity index (χ1n) is 8.63. The normalized spacial score (nSPS) is 10.5. The average Bonchev–Trinajstić information content (AvgIpc) is 2.61. The van der Waals surface area contributed by atoms with Crippen molar-refractivity contribution in [3.63, 3.8) is 0 Å². The van der Waals surface area contributed by atoms with E-state index in [0.29, 0.717) is 17.7 Å². The van der Waals surface area contributed by atoms with Crippen LogP contribution in [0.1, 0.15) is 76.2 Å². The molecule has 0 radical (unpaired) electrons. The molecule has 5 heteroatoms. The van der Waals surface area contributed by atoms with E-state index >= 15 is 0 Å². The van der Waals surface area contributed by atoms with E-state index in [0.717, 1.165) is 30.1 Å². The fourth-order valence-corrected chi connectivity index (χ4v) is 1.99. The summed E-state index contributed by atoms with van der Waals surface area (Å²) in [6.45, 7) is 12.5. The Morgan fingerprint density at radius 3 is 1.92 bits per heavy atom. The summed E-state index contributed by atoms with van der Waals surface area (Å²) in [6, 6.07) is 0. The Balaban J connectivity index is 0.000000243. The van der Waals surface area contributed by atoms with E-state index in [1.807, 2.05) is 25.5 Å². The third-order valence-electron chi connectivity index (χ3n) is 3.61. The zero-order valence-corrected chi connectivity index (χ0v) is 16.0. The summed E-state index contributed by atoms with van der Waals surface area (Å²) in [5.74, 6) is 3.31. The Hall–Kier alpha value is -2.04. The van der Waals surface area contributed by atoms with Crippen LogP contribution >= 0.6 is 0 Å². The lowest BCUT2D eigenvalue weighted by atomic mass is 10.1. The molecule has 0 aliphatic rings. The molecule has 2 aromatic rings. The van der Waals surface area contributed by atoms with Crippen LogP contribution in [0, 0.1) is 0 Å². The van der Waals surface area contributed by atoms with Gasteiger partial charge < -0.3 is 4.74 Å². The van der Waals surface area contributed by atoms with E-state index in [1.54, 1.807) is 7.11 Å². The Labute approximate surface area is 146 Å². The molecule has 0 unspecified atom stereocenters. The quantitative estimate of drug-likeness (QED) is 0.816. The van der Waals surface area contributed by atoms with Crippen LogP contribution < -0.4 is 4.74 Å². The van der Waals surface area contributed by atoms with Crippen molar-refractivity contribution in [2.75, 3.05) is 7.11 Å². The fourth-order valence-electron chi connectivity index (χ4n) is 1.99. The summed E-state index contributed by atoms with van der Waals surface area (Å²) in [5.41, 5.74) is 2.27. The summed E-state index contributed by atoms with van der Waals surface area (Å²) in [5, 5.41) is 0. The predicted octanol–water partition coefficient (Wildman–Crippen LogP) is 4.33. The van der Waals surface area contributed by atoms with Crippen molar-refractivity contribution in [3.05, 3.63) is 41.4 Å². The molecule has 0 atom stereocenters. The van der Waals surface area contributed by atoms with Gasteiger partial charge in [0, 0.05) is 36.5 Å². The first-order valence-corrected chi connectivity index (χ1v) is 8.63. The van der Waals surface area contributed by atoms with Gasteiger partial charge in [0.05, 0.1) is 7.11 Å². The lowest BCUT2D eigenvalue weighted by Crippen LogP contribution is -2.02. The molecule has 2 heterocycles. The van der Waals surface area contributed by atoms with Gasteiger partial charge in [0.2, 0.25) is 5.88 Å². The van der Waals surface area contributed by atoms with Gasteiger partial charge in [-0.25, -0.2) is 15.0 Å². The predicted molar refractivity (Wildman–Crippen MR) is 97.6 cm³/mol. The van der Waals surface area contributed by atoms with Crippen LogP contribution in [-0.4, -0.2) is 27.0 Å². The highest BCUT2D eigenvalue weighted by molar-refractivity contribution is 5.26. The van der Waals surface area contributed by atoms with Crippen molar-refractivity contribution in [3.8, 4) is 5.88 Å². The number of aromatic nitrogens is 4. The average molecular weight is 330 g/mol. The van der Waals surface area contributed by atoms with Crippen LogP contribution in [0.2, 0.25) is 0 Å². The summed E-state index contributed by atoms with van der Waals surface area (Å²) in [7, 11) is 1.65. The van der Waals surface area contributed by atoms with Crippen molar-refractivity contribution in [1.29, 1.82) is 0 Å². The molecular weight excluding hydrogens is 300 g/mol. The maximum atomic E-state index is 5.20. The molecule has 0 fully saturated rings. The molecule has 5 nitrogen and oxygen atoms in total. The highest BCUT2D eigenvalue weighted by Gasteiger charge is 2.09. The zero-order valence-electron chi connectivity index (χ0n) is 16.0. The van der Waals surface area contributed by atoms with Gasteiger partial charge in [-0.3, -0.25) is 0 Å². The summed E-state index contributed by atoms with van der Waals surface area (Å²) >= 11 is 0. The number of rotatable bonds is 5. The molecule has 2 aromatic heterocycles. The lowest BCUT2D eigenvalue weighted by Gasteiger charge is -2.10. The summed E-state index contributed by atoms with van der Waals surface area (Å²) in [6.07, 6.45) is 7.52. The van der Waals surface area contributed by atoms with E-state index < -0.39 is 0 Å².